The highest BCUT2D eigenvalue weighted by Crippen LogP contribution is 2.31. The molecule has 1 saturated carbocycles. The molecule has 30 heavy (non-hydrogen) atoms. The Morgan fingerprint density at radius 2 is 2.00 bits per heavy atom. The van der Waals surface area contributed by atoms with E-state index in [2.05, 4.69) is 40.8 Å². The molecule has 0 N–H and O–H groups in total. The van der Waals surface area contributed by atoms with Crippen LogP contribution in [0.3, 0.4) is 0 Å². The summed E-state index contributed by atoms with van der Waals surface area (Å²) in [5.74, 6) is 1.97. The van der Waals surface area contributed by atoms with Gasteiger partial charge in [0.1, 0.15) is 12.7 Å². The molecule has 0 unspecified atom stereocenters. The van der Waals surface area contributed by atoms with Gasteiger partial charge in [0.15, 0.2) is 5.78 Å². The van der Waals surface area contributed by atoms with Crippen molar-refractivity contribution in [3.8, 4) is 6.07 Å². The first-order chi connectivity index (χ1) is 14.4. The molecule has 2 aliphatic rings. The fourth-order valence-electron chi connectivity index (χ4n) is 4.43. The van der Waals surface area contributed by atoms with Gasteiger partial charge in [-0.2, -0.15) is 5.26 Å². The molecule has 0 atom stereocenters. The maximum Gasteiger partial charge on any atom is 0.155 e. The van der Waals surface area contributed by atoms with Crippen LogP contribution in [-0.4, -0.2) is 44.0 Å². The molecule has 1 fully saturated rings. The molecule has 0 spiro atoms. The minimum atomic E-state index is 0.0671. The Labute approximate surface area is 182 Å². The van der Waals surface area contributed by atoms with Gasteiger partial charge in [0.2, 0.25) is 0 Å². The predicted octanol–water partition coefficient (Wildman–Crippen LogP) is 5.39. The minimum Gasteiger partial charge on any atom is -0.377 e. The highest BCUT2D eigenvalue weighted by atomic mass is 16.5. The van der Waals surface area contributed by atoms with Crippen molar-refractivity contribution >= 4 is 11.4 Å². The zero-order valence-corrected chi connectivity index (χ0v) is 19.2. The largest absolute Gasteiger partial charge is 0.377 e. The fourth-order valence-corrected chi connectivity index (χ4v) is 4.43. The lowest BCUT2D eigenvalue weighted by molar-refractivity contribution is -0.120. The summed E-state index contributed by atoms with van der Waals surface area (Å²) in [7, 11) is 1.50. The van der Waals surface area contributed by atoms with Crippen LogP contribution in [0.5, 0.6) is 0 Å². The van der Waals surface area contributed by atoms with E-state index in [1.807, 2.05) is 13.0 Å². The normalized spacial score (nSPS) is 21.8. The number of aryl methyl sites for hydroxylation is 1. The molecule has 1 heterocycles. The lowest BCUT2D eigenvalue weighted by atomic mass is 9.81. The van der Waals surface area contributed by atoms with Crippen molar-refractivity contribution in [1.29, 1.82) is 5.26 Å². The van der Waals surface area contributed by atoms with Crippen molar-refractivity contribution < 1.29 is 9.53 Å². The van der Waals surface area contributed by atoms with Crippen LogP contribution in [0.2, 0.25) is 0 Å². The molecule has 0 radical (unpaired) electrons. The average Bonchev–Trinajstić information content (AvgIpc) is 2.74. The van der Waals surface area contributed by atoms with E-state index >= 15 is 0 Å². The number of carbonyl (C=O) groups excluding carboxylic acids is 1. The van der Waals surface area contributed by atoms with E-state index in [1.165, 1.54) is 58.3 Å². The smallest absolute Gasteiger partial charge is 0.155 e. The van der Waals surface area contributed by atoms with Crippen molar-refractivity contribution in [3.05, 3.63) is 41.0 Å². The van der Waals surface area contributed by atoms with E-state index in [1.54, 1.807) is 0 Å². The van der Waals surface area contributed by atoms with Crippen LogP contribution in [0, 0.1) is 30.1 Å². The molecule has 1 aromatic rings. The number of nitriles is 1. The Morgan fingerprint density at radius 3 is 2.53 bits per heavy atom. The third-order valence-electron chi connectivity index (χ3n) is 6.36. The number of hydrogen-bond donors (Lipinski definition) is 0. The summed E-state index contributed by atoms with van der Waals surface area (Å²) in [6.45, 7) is 9.56. The van der Waals surface area contributed by atoms with Crippen molar-refractivity contribution in [1.82, 2.24) is 4.90 Å². The second-order valence-corrected chi connectivity index (χ2v) is 8.94. The first-order valence-electron chi connectivity index (χ1n) is 11.3. The molecule has 1 aliphatic carbocycles. The quantitative estimate of drug-likeness (QED) is 0.630. The third-order valence-corrected chi connectivity index (χ3v) is 6.36. The maximum atomic E-state index is 9.92. The van der Waals surface area contributed by atoms with Gasteiger partial charge >= 0.3 is 0 Å². The van der Waals surface area contributed by atoms with Gasteiger partial charge < -0.3 is 4.74 Å². The minimum absolute atomic E-state index is 0.0671. The lowest BCUT2D eigenvalue weighted by Crippen LogP contribution is -2.31. The molecule has 0 bridgehead atoms. The van der Waals surface area contributed by atoms with Gasteiger partial charge in [-0.05, 0) is 61.8 Å². The van der Waals surface area contributed by atoms with Gasteiger partial charge in [-0.3, -0.25) is 9.69 Å². The predicted molar refractivity (Wildman–Crippen MR) is 123 cm³/mol. The van der Waals surface area contributed by atoms with Gasteiger partial charge in [-0.1, -0.05) is 56.9 Å². The Kier molecular flexibility index (Phi) is 10.3. The van der Waals surface area contributed by atoms with Crippen molar-refractivity contribution in [2.45, 2.75) is 59.3 Å². The molecular formula is C26H38N2O2. The van der Waals surface area contributed by atoms with Crippen molar-refractivity contribution in [2.75, 3.05) is 33.4 Å². The molecule has 164 valence electrons. The number of rotatable bonds is 6. The van der Waals surface area contributed by atoms with E-state index in [-0.39, 0.29) is 12.4 Å². The Balaban J connectivity index is 0.000000469. The first-order valence-corrected chi connectivity index (χ1v) is 11.3. The van der Waals surface area contributed by atoms with Gasteiger partial charge in [-0.25, -0.2) is 0 Å². The van der Waals surface area contributed by atoms with Gasteiger partial charge in [0, 0.05) is 20.2 Å². The number of ketones is 1. The summed E-state index contributed by atoms with van der Waals surface area (Å²) in [5.41, 5.74) is 4.45. The SMILES string of the molecule is COCC(C)=O.Cc1cccc(C2=CCN(CCC3CCC(C)CC3)CC2)c1C#N. The number of benzene rings is 1. The van der Waals surface area contributed by atoms with Crippen molar-refractivity contribution in [3.63, 3.8) is 0 Å². The highest BCUT2D eigenvalue weighted by Gasteiger charge is 2.20. The topological polar surface area (TPSA) is 53.3 Å². The van der Waals surface area contributed by atoms with Crippen LogP contribution >= 0.6 is 0 Å². The maximum absolute atomic E-state index is 9.92. The molecule has 0 amide bonds. The molecule has 0 saturated heterocycles. The third kappa shape index (κ3) is 7.70. The lowest BCUT2D eigenvalue weighted by Gasteiger charge is -2.31. The fraction of sp³-hybridized carbons (Fsp3) is 0.615. The summed E-state index contributed by atoms with van der Waals surface area (Å²) in [6.07, 6.45) is 10.5. The highest BCUT2D eigenvalue weighted by molar-refractivity contribution is 5.76. The van der Waals surface area contributed by atoms with Crippen LogP contribution in [0.15, 0.2) is 24.3 Å². The first kappa shape index (κ1) is 24.3. The summed E-state index contributed by atoms with van der Waals surface area (Å²) in [6, 6.07) is 8.60. The number of hydrogen-bond acceptors (Lipinski definition) is 4. The molecule has 3 rings (SSSR count). The summed E-state index contributed by atoms with van der Waals surface area (Å²) < 4.78 is 4.45. The molecule has 1 aliphatic heterocycles. The zero-order chi connectivity index (χ0) is 21.9. The summed E-state index contributed by atoms with van der Waals surface area (Å²) >= 11 is 0. The average molecular weight is 411 g/mol. The second kappa shape index (κ2) is 12.7. The van der Waals surface area contributed by atoms with Crippen LogP contribution in [-0.2, 0) is 9.53 Å². The number of ether oxygens (including phenoxy) is 1. The number of carbonyl (C=O) groups is 1. The van der Waals surface area contributed by atoms with Crippen molar-refractivity contribution in [2.24, 2.45) is 11.8 Å². The number of Topliss-reactive ketones (excluding diaryl/α,β-unsaturated/α-hetero) is 1. The van der Waals surface area contributed by atoms with E-state index < -0.39 is 0 Å². The Bertz CT molecular complexity index is 755. The number of methoxy groups -OCH3 is 1. The van der Waals surface area contributed by atoms with E-state index in [0.29, 0.717) is 0 Å². The summed E-state index contributed by atoms with van der Waals surface area (Å²) in [4.78, 5) is 12.5. The molecule has 1 aromatic carbocycles. The van der Waals surface area contributed by atoms with Crippen LogP contribution < -0.4 is 0 Å². The molecule has 4 heteroatoms. The van der Waals surface area contributed by atoms with Crippen LogP contribution in [0.25, 0.3) is 5.57 Å². The summed E-state index contributed by atoms with van der Waals surface area (Å²) in [5, 5.41) is 9.44. The van der Waals surface area contributed by atoms with E-state index in [4.69, 9.17) is 0 Å². The zero-order valence-electron chi connectivity index (χ0n) is 19.2. The van der Waals surface area contributed by atoms with Gasteiger partial charge in [-0.15, -0.1) is 0 Å². The standard InChI is InChI=1S/C22H30N2.C4H8O2/c1-17-6-8-19(9-7-17)10-13-24-14-11-20(12-15-24)21-5-3-4-18(2)22(21)16-23;1-4(5)3-6-2/h3-5,11,17,19H,6-10,12-15H2,1-2H3;3H2,1-2H3. The van der Waals surface area contributed by atoms with Gasteiger partial charge in [0.05, 0.1) is 5.56 Å². The second-order valence-electron chi connectivity index (χ2n) is 8.94. The van der Waals surface area contributed by atoms with Crippen LogP contribution in [0.4, 0.5) is 0 Å². The van der Waals surface area contributed by atoms with E-state index in [9.17, 15) is 10.1 Å². The molecule has 4 nitrogen and oxygen atoms in total. The van der Waals surface area contributed by atoms with E-state index in [0.717, 1.165) is 48.0 Å². The molecule has 0 aromatic heterocycles. The molecular weight excluding hydrogens is 372 g/mol. The Hall–Kier alpha value is -1.96. The van der Waals surface area contributed by atoms with Crippen LogP contribution in [0.1, 0.15) is 69.1 Å². The number of nitrogens with zero attached hydrogens (tertiary/aromatic N) is 2. The monoisotopic (exact) mass is 410 g/mol. The van der Waals surface area contributed by atoms with Gasteiger partial charge in [0.25, 0.3) is 0 Å². The Morgan fingerprint density at radius 1 is 1.27 bits per heavy atom.